The number of hydrogen-bond donors (Lipinski definition) is 1. The summed E-state index contributed by atoms with van der Waals surface area (Å²) in [4.78, 5) is 0. The Labute approximate surface area is 98.6 Å². The average Bonchev–Trinajstić information content (AvgIpc) is 2.17. The lowest BCUT2D eigenvalue weighted by Crippen LogP contribution is -2.02. The van der Waals surface area contributed by atoms with Crippen molar-refractivity contribution in [2.75, 3.05) is 11.5 Å². The minimum atomic E-state index is -0.735. The van der Waals surface area contributed by atoms with Gasteiger partial charge in [-0.15, -0.1) is 0 Å². The van der Waals surface area contributed by atoms with Gasteiger partial charge < -0.3 is 5.11 Å². The molecule has 0 heterocycles. The molecule has 0 saturated carbocycles. The summed E-state index contributed by atoms with van der Waals surface area (Å²) in [7, 11) is 0. The molecule has 1 aromatic carbocycles. The van der Waals surface area contributed by atoms with Gasteiger partial charge in [-0.2, -0.15) is 11.8 Å². The highest BCUT2D eigenvalue weighted by Crippen LogP contribution is 2.24. The summed E-state index contributed by atoms with van der Waals surface area (Å²) in [5.74, 6) is 1.41. The van der Waals surface area contributed by atoms with Crippen molar-refractivity contribution in [2.45, 2.75) is 19.4 Å². The van der Waals surface area contributed by atoms with Crippen LogP contribution < -0.4 is 0 Å². The van der Waals surface area contributed by atoms with Crippen LogP contribution in [0.4, 0.5) is 4.39 Å². The van der Waals surface area contributed by atoms with Crippen molar-refractivity contribution in [3.63, 3.8) is 0 Å². The molecule has 0 aliphatic heterocycles. The number of halogens is 2. The SMILES string of the molecule is CCSCCC(O)c1ccc(Cl)cc1F. The first-order valence-corrected chi connectivity index (χ1v) is 6.39. The molecule has 15 heavy (non-hydrogen) atoms. The third-order valence-corrected chi connectivity index (χ3v) is 3.23. The molecular weight excluding hydrogens is 235 g/mol. The molecule has 1 N–H and O–H groups in total. The smallest absolute Gasteiger partial charge is 0.130 e. The van der Waals surface area contributed by atoms with Crippen LogP contribution in [0, 0.1) is 5.82 Å². The zero-order valence-electron chi connectivity index (χ0n) is 8.54. The predicted molar refractivity (Wildman–Crippen MR) is 64.0 cm³/mol. The highest BCUT2D eigenvalue weighted by Gasteiger charge is 2.12. The summed E-state index contributed by atoms with van der Waals surface area (Å²) in [6.07, 6.45) is -0.168. The largest absolute Gasteiger partial charge is 0.388 e. The Morgan fingerprint density at radius 3 is 2.87 bits per heavy atom. The monoisotopic (exact) mass is 248 g/mol. The second-order valence-electron chi connectivity index (χ2n) is 3.17. The van der Waals surface area contributed by atoms with Crippen LogP contribution in [0.3, 0.4) is 0 Å². The molecule has 0 aliphatic carbocycles. The molecule has 4 heteroatoms. The highest BCUT2D eigenvalue weighted by atomic mass is 35.5. The van der Waals surface area contributed by atoms with E-state index in [-0.39, 0.29) is 0 Å². The summed E-state index contributed by atoms with van der Waals surface area (Å²) in [6, 6.07) is 4.36. The average molecular weight is 249 g/mol. The van der Waals surface area contributed by atoms with E-state index in [0.29, 0.717) is 17.0 Å². The van der Waals surface area contributed by atoms with E-state index in [1.54, 1.807) is 23.9 Å². The number of thioether (sulfide) groups is 1. The van der Waals surface area contributed by atoms with Crippen LogP contribution in [0.25, 0.3) is 0 Å². The van der Waals surface area contributed by atoms with Crippen molar-refractivity contribution < 1.29 is 9.50 Å². The van der Waals surface area contributed by atoms with Gasteiger partial charge in [0.2, 0.25) is 0 Å². The zero-order chi connectivity index (χ0) is 11.3. The molecule has 0 amide bonds. The minimum absolute atomic E-state index is 0.330. The van der Waals surface area contributed by atoms with E-state index in [1.165, 1.54) is 6.07 Å². The lowest BCUT2D eigenvalue weighted by molar-refractivity contribution is 0.170. The highest BCUT2D eigenvalue weighted by molar-refractivity contribution is 7.99. The fourth-order valence-electron chi connectivity index (χ4n) is 1.27. The molecule has 0 fully saturated rings. The Balaban J connectivity index is 2.61. The fourth-order valence-corrected chi connectivity index (χ4v) is 2.10. The van der Waals surface area contributed by atoms with Crippen LogP contribution in [0.5, 0.6) is 0 Å². The van der Waals surface area contributed by atoms with E-state index >= 15 is 0 Å². The first kappa shape index (κ1) is 12.8. The van der Waals surface area contributed by atoms with Crippen molar-refractivity contribution in [2.24, 2.45) is 0 Å². The van der Waals surface area contributed by atoms with Crippen molar-refractivity contribution in [3.8, 4) is 0 Å². The Morgan fingerprint density at radius 1 is 1.53 bits per heavy atom. The van der Waals surface area contributed by atoms with Crippen molar-refractivity contribution in [1.82, 2.24) is 0 Å². The van der Waals surface area contributed by atoms with Crippen LogP contribution in [0.1, 0.15) is 25.0 Å². The number of benzene rings is 1. The van der Waals surface area contributed by atoms with Gasteiger partial charge in [0.05, 0.1) is 6.10 Å². The normalized spacial score (nSPS) is 12.8. The first-order chi connectivity index (χ1) is 7.15. The minimum Gasteiger partial charge on any atom is -0.388 e. The molecule has 1 aromatic rings. The van der Waals surface area contributed by atoms with Gasteiger partial charge in [0.1, 0.15) is 5.82 Å². The van der Waals surface area contributed by atoms with E-state index < -0.39 is 11.9 Å². The number of aliphatic hydroxyl groups excluding tert-OH is 1. The van der Waals surface area contributed by atoms with Gasteiger partial charge in [-0.25, -0.2) is 4.39 Å². The van der Waals surface area contributed by atoms with Crippen molar-refractivity contribution in [1.29, 1.82) is 0 Å². The van der Waals surface area contributed by atoms with E-state index in [9.17, 15) is 9.50 Å². The number of hydrogen-bond acceptors (Lipinski definition) is 2. The lowest BCUT2D eigenvalue weighted by Gasteiger charge is -2.11. The summed E-state index contributed by atoms with van der Waals surface area (Å²) in [6.45, 7) is 2.06. The predicted octanol–water partition coefficient (Wildman–Crippen LogP) is 3.66. The molecule has 1 atom stereocenters. The zero-order valence-corrected chi connectivity index (χ0v) is 10.1. The fraction of sp³-hybridized carbons (Fsp3) is 0.455. The molecular formula is C11H14ClFOS. The Bertz CT molecular complexity index is 319. The summed E-state index contributed by atoms with van der Waals surface area (Å²) < 4.78 is 13.4. The Morgan fingerprint density at radius 2 is 2.27 bits per heavy atom. The maximum Gasteiger partial charge on any atom is 0.130 e. The van der Waals surface area contributed by atoms with Gasteiger partial charge in [0.25, 0.3) is 0 Å². The summed E-state index contributed by atoms with van der Waals surface area (Å²) in [5, 5.41) is 10.1. The van der Waals surface area contributed by atoms with Crippen molar-refractivity contribution >= 4 is 23.4 Å². The standard InChI is InChI=1S/C11H14ClFOS/c1-2-15-6-5-11(14)9-4-3-8(12)7-10(9)13/h3-4,7,11,14H,2,5-6H2,1H3. The van der Waals surface area contributed by atoms with Crippen LogP contribution in [0.2, 0.25) is 5.02 Å². The van der Waals surface area contributed by atoms with Gasteiger partial charge >= 0.3 is 0 Å². The molecule has 0 radical (unpaired) electrons. The quantitative estimate of drug-likeness (QED) is 0.803. The second-order valence-corrected chi connectivity index (χ2v) is 5.00. The van der Waals surface area contributed by atoms with Gasteiger partial charge in [-0.3, -0.25) is 0 Å². The van der Waals surface area contributed by atoms with Gasteiger partial charge in [-0.05, 0) is 30.1 Å². The molecule has 1 rings (SSSR count). The topological polar surface area (TPSA) is 20.2 Å². The van der Waals surface area contributed by atoms with Gasteiger partial charge in [0, 0.05) is 10.6 Å². The third-order valence-electron chi connectivity index (χ3n) is 2.06. The van der Waals surface area contributed by atoms with E-state index in [0.717, 1.165) is 11.5 Å². The maximum absolute atomic E-state index is 13.4. The van der Waals surface area contributed by atoms with Crippen molar-refractivity contribution in [3.05, 3.63) is 34.6 Å². The van der Waals surface area contributed by atoms with E-state index in [2.05, 4.69) is 6.92 Å². The Hall–Kier alpha value is -0.250. The molecule has 0 saturated heterocycles. The van der Waals surface area contributed by atoms with Gasteiger partial charge in [-0.1, -0.05) is 24.6 Å². The molecule has 0 spiro atoms. The second kappa shape index (κ2) is 6.36. The van der Waals surface area contributed by atoms with Gasteiger partial charge in [0.15, 0.2) is 0 Å². The maximum atomic E-state index is 13.4. The molecule has 0 aliphatic rings. The van der Waals surface area contributed by atoms with Crippen LogP contribution >= 0.6 is 23.4 Å². The summed E-state index contributed by atoms with van der Waals surface area (Å²) in [5.41, 5.74) is 0.330. The number of rotatable bonds is 5. The van der Waals surface area contributed by atoms with E-state index in [1.807, 2.05) is 0 Å². The van der Waals surface area contributed by atoms with E-state index in [4.69, 9.17) is 11.6 Å². The van der Waals surface area contributed by atoms with Crippen LogP contribution in [-0.4, -0.2) is 16.6 Å². The third kappa shape index (κ3) is 4.01. The molecule has 1 unspecified atom stereocenters. The first-order valence-electron chi connectivity index (χ1n) is 4.86. The summed E-state index contributed by atoms with van der Waals surface area (Å²) >= 11 is 7.35. The number of aliphatic hydroxyl groups is 1. The molecule has 0 bridgehead atoms. The van der Waals surface area contributed by atoms with Crippen LogP contribution in [-0.2, 0) is 0 Å². The molecule has 1 nitrogen and oxygen atoms in total. The van der Waals surface area contributed by atoms with Crippen LogP contribution in [0.15, 0.2) is 18.2 Å². The molecule has 84 valence electrons. The molecule has 0 aromatic heterocycles. The lowest BCUT2D eigenvalue weighted by atomic mass is 10.1. The Kier molecular flexibility index (Phi) is 5.43.